The van der Waals surface area contributed by atoms with E-state index in [1.165, 1.54) is 12.0 Å². The summed E-state index contributed by atoms with van der Waals surface area (Å²) in [5.41, 5.74) is 11.1. The summed E-state index contributed by atoms with van der Waals surface area (Å²) in [5, 5.41) is 0. The van der Waals surface area contributed by atoms with Crippen molar-refractivity contribution >= 4 is 17.3 Å². The van der Waals surface area contributed by atoms with Crippen LogP contribution in [0.4, 0.5) is 11.4 Å². The number of amides is 1. The van der Waals surface area contributed by atoms with Gasteiger partial charge >= 0.3 is 0 Å². The zero-order valence-electron chi connectivity index (χ0n) is 14.7. The molecule has 4 fully saturated rings. The van der Waals surface area contributed by atoms with Crippen molar-refractivity contribution in [3.05, 3.63) is 35.4 Å². The maximum Gasteiger partial charge on any atom is 0.229 e. The van der Waals surface area contributed by atoms with Gasteiger partial charge in [0.1, 0.15) is 0 Å². The number of carbonyl (C=O) groups is 1. The Morgan fingerprint density at radius 3 is 3.15 bits per heavy atom. The van der Waals surface area contributed by atoms with E-state index in [0.29, 0.717) is 30.9 Å². The fourth-order valence-electron chi connectivity index (χ4n) is 7.57. The molecule has 0 radical (unpaired) electrons. The average molecular weight is 349 g/mol. The minimum absolute atomic E-state index is 0.0411. The van der Waals surface area contributed by atoms with Crippen LogP contribution >= 0.6 is 0 Å². The van der Waals surface area contributed by atoms with Crippen molar-refractivity contribution in [3.8, 4) is 0 Å². The third kappa shape index (κ3) is 1.37. The molecule has 1 spiro atoms. The van der Waals surface area contributed by atoms with Crippen molar-refractivity contribution in [2.75, 3.05) is 30.3 Å². The summed E-state index contributed by atoms with van der Waals surface area (Å²) in [6.07, 6.45) is 5.25. The number of ether oxygens (including phenoxy) is 1. The van der Waals surface area contributed by atoms with Crippen molar-refractivity contribution in [1.29, 1.82) is 0 Å². The van der Waals surface area contributed by atoms with Crippen LogP contribution in [0.5, 0.6) is 0 Å². The molecule has 5 heteroatoms. The van der Waals surface area contributed by atoms with Gasteiger partial charge in [-0.2, -0.15) is 0 Å². The predicted octanol–water partition coefficient (Wildman–Crippen LogP) is 1.67. The highest BCUT2D eigenvalue weighted by Gasteiger charge is 2.70. The summed E-state index contributed by atoms with van der Waals surface area (Å²) in [6, 6.07) is 6.99. The summed E-state index contributed by atoms with van der Waals surface area (Å²) in [5.74, 6) is 1.23. The molecular weight excluding hydrogens is 326 g/mol. The van der Waals surface area contributed by atoms with Crippen LogP contribution in [0.2, 0.25) is 0 Å². The zero-order valence-corrected chi connectivity index (χ0v) is 14.7. The number of nitrogens with zero attached hydrogens (tertiary/aromatic N) is 2. The Labute approximate surface area is 152 Å². The molecule has 1 aliphatic carbocycles. The van der Waals surface area contributed by atoms with E-state index in [1.807, 2.05) is 6.07 Å². The van der Waals surface area contributed by atoms with Gasteiger partial charge in [0.2, 0.25) is 5.91 Å². The number of fused-ring (bicyclic) bond motifs is 2. The number of piperidine rings is 2. The molecule has 2 N–H and O–H groups in total. The van der Waals surface area contributed by atoms with Crippen molar-refractivity contribution in [2.45, 2.75) is 42.9 Å². The van der Waals surface area contributed by atoms with E-state index >= 15 is 0 Å². The monoisotopic (exact) mass is 349 g/mol. The van der Waals surface area contributed by atoms with Crippen LogP contribution < -0.4 is 10.6 Å². The van der Waals surface area contributed by atoms with Crippen LogP contribution in [0.3, 0.4) is 0 Å². The van der Waals surface area contributed by atoms with Crippen LogP contribution in [0.25, 0.3) is 0 Å². The van der Waals surface area contributed by atoms with Gasteiger partial charge in [-0.05, 0) is 49.1 Å². The Hall–Kier alpha value is -1.85. The Morgan fingerprint density at radius 1 is 1.31 bits per heavy atom. The topological polar surface area (TPSA) is 58.8 Å². The fraction of sp³-hybridized carbons (Fsp3) is 0.571. The minimum atomic E-state index is 0.0411. The van der Waals surface area contributed by atoms with E-state index in [-0.39, 0.29) is 23.5 Å². The lowest BCUT2D eigenvalue weighted by atomic mass is 9.53. The molecule has 5 nitrogen and oxygen atoms in total. The number of nitrogen functional groups attached to an aromatic ring is 1. The molecule has 26 heavy (non-hydrogen) atoms. The van der Waals surface area contributed by atoms with Crippen molar-refractivity contribution < 1.29 is 9.53 Å². The summed E-state index contributed by atoms with van der Waals surface area (Å²) in [7, 11) is 0. The van der Waals surface area contributed by atoms with Crippen molar-refractivity contribution in [2.24, 2.45) is 11.8 Å². The van der Waals surface area contributed by atoms with Gasteiger partial charge in [-0.1, -0.05) is 11.6 Å². The maximum absolute atomic E-state index is 13.2. The number of anilines is 2. The quantitative estimate of drug-likeness (QED) is 0.572. The standard InChI is InChI=1S/C21H23N3O2/c22-12-1-2-15-14(7-12)21-4-5-23-10-11-3-6-26-16-9-18(25)24(15)20(21)19(16)13(11)8-17(21)23/h1-3,7,13,16-17,19-20H,4-6,8-10,22H2/t13-,16+,17+,19-,20+,21-/m1/s1. The molecule has 2 bridgehead atoms. The molecule has 1 saturated carbocycles. The van der Waals surface area contributed by atoms with Crippen molar-refractivity contribution in [3.63, 3.8) is 0 Å². The zero-order chi connectivity index (χ0) is 17.2. The second-order valence-electron chi connectivity index (χ2n) is 9.04. The maximum atomic E-state index is 13.2. The van der Waals surface area contributed by atoms with Crippen LogP contribution in [0.1, 0.15) is 24.8 Å². The molecule has 1 aromatic carbocycles. The number of carbonyl (C=O) groups excluding carboxylic acids is 1. The SMILES string of the molecule is Nc1ccc2c(c1)[C@@]13CCN4CC5=CCO[C@H]6CC(=O)N2[C@H]1[C@@H]6[C@@H]5C[C@H]43. The van der Waals surface area contributed by atoms with Gasteiger partial charge in [-0.15, -0.1) is 0 Å². The summed E-state index contributed by atoms with van der Waals surface area (Å²) < 4.78 is 6.25. The molecule has 1 amide bonds. The predicted molar refractivity (Wildman–Crippen MR) is 97.8 cm³/mol. The second kappa shape index (κ2) is 4.34. The van der Waals surface area contributed by atoms with Gasteiger partial charge in [0.05, 0.1) is 25.2 Å². The molecule has 6 aliphatic rings. The highest BCUT2D eigenvalue weighted by molar-refractivity contribution is 5.99. The molecule has 5 heterocycles. The van der Waals surface area contributed by atoms with Crippen LogP contribution in [0.15, 0.2) is 29.8 Å². The number of rotatable bonds is 0. The number of benzene rings is 1. The first-order chi connectivity index (χ1) is 12.7. The van der Waals surface area contributed by atoms with E-state index in [4.69, 9.17) is 10.5 Å². The van der Waals surface area contributed by atoms with Crippen LogP contribution in [-0.2, 0) is 14.9 Å². The van der Waals surface area contributed by atoms with Gasteiger partial charge in [-0.3, -0.25) is 9.69 Å². The summed E-state index contributed by atoms with van der Waals surface area (Å²) >= 11 is 0. The van der Waals surface area contributed by atoms with Crippen LogP contribution in [-0.4, -0.2) is 48.7 Å². The van der Waals surface area contributed by atoms with Gasteiger partial charge < -0.3 is 15.4 Å². The smallest absolute Gasteiger partial charge is 0.229 e. The Kier molecular flexibility index (Phi) is 2.38. The normalized spacial score (nSPS) is 44.6. The molecule has 134 valence electrons. The minimum Gasteiger partial charge on any atom is -0.399 e. The third-order valence-electron chi connectivity index (χ3n) is 8.33. The van der Waals surface area contributed by atoms with E-state index in [9.17, 15) is 4.79 Å². The molecular formula is C21H23N3O2. The molecule has 3 saturated heterocycles. The first-order valence-electron chi connectivity index (χ1n) is 9.95. The molecule has 1 aromatic rings. The van der Waals surface area contributed by atoms with E-state index in [0.717, 1.165) is 30.9 Å². The van der Waals surface area contributed by atoms with Crippen LogP contribution in [0, 0.1) is 11.8 Å². The fourth-order valence-corrected chi connectivity index (χ4v) is 7.57. The number of hydrogen-bond donors (Lipinski definition) is 1. The Balaban J connectivity index is 1.55. The largest absolute Gasteiger partial charge is 0.399 e. The highest BCUT2D eigenvalue weighted by Crippen LogP contribution is 2.65. The lowest BCUT2D eigenvalue weighted by Crippen LogP contribution is -2.69. The first-order valence-corrected chi connectivity index (χ1v) is 9.95. The highest BCUT2D eigenvalue weighted by atomic mass is 16.5. The van der Waals surface area contributed by atoms with E-state index in [1.54, 1.807) is 5.57 Å². The number of hydrogen-bond acceptors (Lipinski definition) is 4. The summed E-state index contributed by atoms with van der Waals surface area (Å²) in [4.78, 5) is 18.1. The van der Waals surface area contributed by atoms with Gasteiger partial charge in [-0.25, -0.2) is 0 Å². The average Bonchev–Trinajstić information content (AvgIpc) is 3.09. The van der Waals surface area contributed by atoms with E-state index < -0.39 is 0 Å². The molecule has 5 aliphatic heterocycles. The Morgan fingerprint density at radius 2 is 2.23 bits per heavy atom. The van der Waals surface area contributed by atoms with Gasteiger partial charge in [0.15, 0.2) is 0 Å². The lowest BCUT2D eigenvalue weighted by molar-refractivity contribution is -0.132. The lowest BCUT2D eigenvalue weighted by Gasteiger charge is -2.58. The van der Waals surface area contributed by atoms with Crippen molar-refractivity contribution in [1.82, 2.24) is 4.90 Å². The summed E-state index contributed by atoms with van der Waals surface area (Å²) in [6.45, 7) is 2.88. The molecule has 0 unspecified atom stereocenters. The Bertz CT molecular complexity index is 895. The van der Waals surface area contributed by atoms with E-state index in [2.05, 4.69) is 28.0 Å². The molecule has 6 atom stereocenters. The van der Waals surface area contributed by atoms with Gasteiger partial charge in [0, 0.05) is 35.3 Å². The third-order valence-corrected chi connectivity index (χ3v) is 8.33. The molecule has 0 aromatic heterocycles. The van der Waals surface area contributed by atoms with Gasteiger partial charge in [0.25, 0.3) is 0 Å². The molecule has 7 rings (SSSR count). The second-order valence-corrected chi connectivity index (χ2v) is 9.04. The first kappa shape index (κ1) is 14.2. The number of nitrogens with two attached hydrogens (primary N) is 1.